The molecule has 2 rings (SSSR count). The molecule has 10 heteroatoms. The van der Waals surface area contributed by atoms with Gasteiger partial charge in [0.15, 0.2) is 5.69 Å². The maximum absolute atomic E-state index is 13.1. The van der Waals surface area contributed by atoms with Crippen LogP contribution in [0.4, 0.5) is 13.2 Å². The Morgan fingerprint density at radius 1 is 1.26 bits per heavy atom. The van der Waals surface area contributed by atoms with Gasteiger partial charge in [0.25, 0.3) is 5.56 Å². The van der Waals surface area contributed by atoms with E-state index < -0.39 is 29.8 Å². The predicted molar refractivity (Wildman–Crippen MR) is 77.2 cm³/mol. The molecule has 0 saturated carbocycles. The van der Waals surface area contributed by atoms with Crippen molar-refractivity contribution in [3.8, 4) is 11.5 Å². The maximum Gasteiger partial charge on any atom is 0.437 e. The third-order valence-corrected chi connectivity index (χ3v) is 3.39. The monoisotopic (exact) mass is 368 g/mol. The molecule has 23 heavy (non-hydrogen) atoms. The first-order valence-electron chi connectivity index (χ1n) is 6.16. The molecule has 2 aromatic rings. The number of rotatable bonds is 4. The van der Waals surface area contributed by atoms with Crippen molar-refractivity contribution in [2.75, 3.05) is 6.61 Å². The summed E-state index contributed by atoms with van der Waals surface area (Å²) in [6, 6.07) is 3.74. The van der Waals surface area contributed by atoms with E-state index in [1.54, 1.807) is 0 Å². The molecule has 5 nitrogen and oxygen atoms in total. The molecule has 0 fully saturated rings. The lowest BCUT2D eigenvalue weighted by molar-refractivity contribution is -0.142. The minimum absolute atomic E-state index is 0.0546. The van der Waals surface area contributed by atoms with E-state index in [1.807, 2.05) is 0 Å². The summed E-state index contributed by atoms with van der Waals surface area (Å²) in [5, 5.41) is 9.00. The Morgan fingerprint density at radius 2 is 1.96 bits per heavy atom. The summed E-state index contributed by atoms with van der Waals surface area (Å²) in [5.74, 6) is -1.42. The fourth-order valence-corrected chi connectivity index (χ4v) is 1.97. The molecule has 0 bridgehead atoms. The summed E-state index contributed by atoms with van der Waals surface area (Å²) in [6.45, 7) is -0.465. The highest BCUT2D eigenvalue weighted by Gasteiger charge is 2.38. The van der Waals surface area contributed by atoms with Gasteiger partial charge in [0.05, 0.1) is 16.7 Å². The van der Waals surface area contributed by atoms with E-state index in [-0.39, 0.29) is 28.0 Å². The summed E-state index contributed by atoms with van der Waals surface area (Å²) in [7, 11) is 0. The van der Waals surface area contributed by atoms with Gasteiger partial charge >= 0.3 is 6.18 Å². The first kappa shape index (κ1) is 17.6. The van der Waals surface area contributed by atoms with E-state index in [9.17, 15) is 18.0 Å². The van der Waals surface area contributed by atoms with Crippen LogP contribution in [0.15, 0.2) is 23.0 Å². The Balaban J connectivity index is 2.52. The SMILES string of the molecule is O=c1[nH]c(CCO)nc(C(F)(F)F)c1Oc1ccc(Cl)c(Cl)c1. The molecular formula is C13H9Cl2F3N2O3. The Hall–Kier alpha value is -1.77. The van der Waals surface area contributed by atoms with Gasteiger partial charge in [0.2, 0.25) is 5.75 Å². The van der Waals surface area contributed by atoms with Crippen LogP contribution >= 0.6 is 23.2 Å². The van der Waals surface area contributed by atoms with Crippen LogP contribution in [0.1, 0.15) is 11.5 Å². The molecular weight excluding hydrogens is 360 g/mol. The molecule has 0 aliphatic carbocycles. The first-order chi connectivity index (χ1) is 10.7. The number of aromatic nitrogens is 2. The van der Waals surface area contributed by atoms with Crippen LogP contribution in [0.5, 0.6) is 11.5 Å². The molecule has 0 atom stereocenters. The largest absolute Gasteiger partial charge is 0.449 e. The smallest absolute Gasteiger partial charge is 0.437 e. The number of aliphatic hydroxyl groups excluding tert-OH is 1. The number of halogens is 5. The number of nitrogens with zero attached hydrogens (tertiary/aromatic N) is 1. The minimum Gasteiger partial charge on any atom is -0.449 e. The van der Waals surface area contributed by atoms with Crippen LogP contribution in [-0.2, 0) is 12.6 Å². The van der Waals surface area contributed by atoms with Crippen LogP contribution in [0.3, 0.4) is 0 Å². The van der Waals surface area contributed by atoms with E-state index in [2.05, 4.69) is 9.97 Å². The van der Waals surface area contributed by atoms with E-state index in [1.165, 1.54) is 18.2 Å². The minimum atomic E-state index is -4.91. The normalized spacial score (nSPS) is 11.6. The van der Waals surface area contributed by atoms with Crippen molar-refractivity contribution in [1.82, 2.24) is 9.97 Å². The van der Waals surface area contributed by atoms with Gasteiger partial charge in [-0.25, -0.2) is 4.98 Å². The molecule has 0 radical (unpaired) electrons. The molecule has 2 N–H and O–H groups in total. The molecule has 124 valence electrons. The zero-order chi connectivity index (χ0) is 17.2. The van der Waals surface area contributed by atoms with Crippen LogP contribution in [0.2, 0.25) is 10.0 Å². The zero-order valence-corrected chi connectivity index (χ0v) is 12.8. The number of hydrogen-bond acceptors (Lipinski definition) is 4. The molecule has 0 aliphatic rings. The third kappa shape index (κ3) is 4.15. The van der Waals surface area contributed by atoms with Crippen LogP contribution in [0, 0.1) is 0 Å². The van der Waals surface area contributed by atoms with Gasteiger partial charge in [-0.15, -0.1) is 0 Å². The maximum atomic E-state index is 13.1. The van der Waals surface area contributed by atoms with Crippen LogP contribution in [-0.4, -0.2) is 21.7 Å². The average molecular weight is 369 g/mol. The summed E-state index contributed by atoms with van der Waals surface area (Å²) in [6.07, 6.45) is -5.14. The van der Waals surface area contributed by atoms with Gasteiger partial charge in [-0.3, -0.25) is 4.79 Å². The molecule has 1 heterocycles. The summed E-state index contributed by atoms with van der Waals surface area (Å²) < 4.78 is 44.3. The number of aromatic amines is 1. The summed E-state index contributed by atoms with van der Waals surface area (Å²) in [5.41, 5.74) is -2.61. The Kier molecular flexibility index (Phi) is 5.18. The van der Waals surface area contributed by atoms with E-state index in [4.69, 9.17) is 33.0 Å². The lowest BCUT2D eigenvalue weighted by atomic mass is 10.3. The number of ether oxygens (including phenoxy) is 1. The van der Waals surface area contributed by atoms with Gasteiger partial charge in [-0.2, -0.15) is 13.2 Å². The molecule has 0 saturated heterocycles. The van der Waals surface area contributed by atoms with Gasteiger partial charge in [-0.1, -0.05) is 23.2 Å². The standard InChI is InChI=1S/C13H9Cl2F3N2O3/c14-7-2-1-6(5-8(7)15)23-10-11(13(16,17)18)19-9(3-4-21)20-12(10)22/h1-2,5,21H,3-4H2,(H,19,20,22). The van der Waals surface area contributed by atoms with Crippen molar-refractivity contribution in [2.24, 2.45) is 0 Å². The second-order valence-electron chi connectivity index (χ2n) is 4.34. The number of alkyl halides is 3. The van der Waals surface area contributed by atoms with Crippen molar-refractivity contribution < 1.29 is 23.0 Å². The Morgan fingerprint density at radius 3 is 2.52 bits per heavy atom. The van der Waals surface area contributed by atoms with E-state index >= 15 is 0 Å². The highest BCUT2D eigenvalue weighted by molar-refractivity contribution is 6.42. The average Bonchev–Trinajstić information content (AvgIpc) is 2.44. The lowest BCUT2D eigenvalue weighted by Gasteiger charge is -2.13. The van der Waals surface area contributed by atoms with Crippen molar-refractivity contribution in [1.29, 1.82) is 0 Å². The zero-order valence-electron chi connectivity index (χ0n) is 11.2. The van der Waals surface area contributed by atoms with Crippen molar-refractivity contribution in [2.45, 2.75) is 12.6 Å². The third-order valence-electron chi connectivity index (χ3n) is 2.65. The molecule has 0 unspecified atom stereocenters. The van der Waals surface area contributed by atoms with Crippen LogP contribution < -0.4 is 10.3 Å². The van der Waals surface area contributed by atoms with Gasteiger partial charge in [0.1, 0.15) is 11.6 Å². The van der Waals surface area contributed by atoms with Crippen LogP contribution in [0.25, 0.3) is 0 Å². The number of benzene rings is 1. The second-order valence-corrected chi connectivity index (χ2v) is 5.15. The highest BCUT2D eigenvalue weighted by Crippen LogP contribution is 2.35. The number of nitrogens with one attached hydrogen (secondary N) is 1. The Bertz CT molecular complexity index is 778. The molecule has 1 aromatic heterocycles. The van der Waals surface area contributed by atoms with Crippen molar-refractivity contribution in [3.05, 3.63) is 50.1 Å². The topological polar surface area (TPSA) is 75.2 Å². The second kappa shape index (κ2) is 6.77. The quantitative estimate of drug-likeness (QED) is 0.866. The predicted octanol–water partition coefficient (Wildman–Crippen LogP) is 3.42. The molecule has 1 aromatic carbocycles. The highest BCUT2D eigenvalue weighted by atomic mass is 35.5. The molecule has 0 amide bonds. The molecule has 0 spiro atoms. The van der Waals surface area contributed by atoms with Crippen molar-refractivity contribution >= 4 is 23.2 Å². The first-order valence-corrected chi connectivity index (χ1v) is 6.92. The van der Waals surface area contributed by atoms with Crippen molar-refractivity contribution in [3.63, 3.8) is 0 Å². The van der Waals surface area contributed by atoms with Gasteiger partial charge in [-0.05, 0) is 12.1 Å². The van der Waals surface area contributed by atoms with Gasteiger partial charge < -0.3 is 14.8 Å². The van der Waals surface area contributed by atoms with E-state index in [0.717, 1.165) is 0 Å². The van der Waals surface area contributed by atoms with Gasteiger partial charge in [0, 0.05) is 12.5 Å². The summed E-state index contributed by atoms with van der Waals surface area (Å²) >= 11 is 11.5. The lowest BCUT2D eigenvalue weighted by Crippen LogP contribution is -2.22. The number of aliphatic hydroxyl groups is 1. The number of hydrogen-bond donors (Lipinski definition) is 2. The number of H-pyrrole nitrogens is 1. The summed E-state index contributed by atoms with van der Waals surface area (Å²) in [4.78, 5) is 17.3. The molecule has 0 aliphatic heterocycles. The fraction of sp³-hybridized carbons (Fsp3) is 0.231. The van der Waals surface area contributed by atoms with E-state index in [0.29, 0.717) is 0 Å². The fourth-order valence-electron chi connectivity index (χ4n) is 1.68. The Labute approximate surface area is 137 Å².